The van der Waals surface area contributed by atoms with Crippen molar-refractivity contribution in [3.05, 3.63) is 52.6 Å². The zero-order valence-electron chi connectivity index (χ0n) is 16.5. The lowest BCUT2D eigenvalue weighted by atomic mass is 10.0. The molecule has 2 aromatic carbocycles. The van der Waals surface area contributed by atoms with Gasteiger partial charge in [0.05, 0.1) is 30.5 Å². The maximum atomic E-state index is 13.5. The highest BCUT2D eigenvalue weighted by Gasteiger charge is 2.19. The average molecular weight is 393 g/mol. The van der Waals surface area contributed by atoms with E-state index in [2.05, 4.69) is 10.1 Å². The number of anilines is 1. The summed E-state index contributed by atoms with van der Waals surface area (Å²) in [5.41, 5.74) is 2.54. The van der Waals surface area contributed by atoms with Crippen LogP contribution in [0.15, 0.2) is 30.3 Å². The van der Waals surface area contributed by atoms with E-state index in [-0.39, 0.29) is 17.9 Å². The molecule has 0 saturated carbocycles. The van der Waals surface area contributed by atoms with Crippen molar-refractivity contribution in [3.63, 3.8) is 0 Å². The van der Waals surface area contributed by atoms with Gasteiger partial charge in [-0.3, -0.25) is 5.32 Å². The molecule has 1 amide bonds. The Morgan fingerprint density at radius 2 is 1.89 bits per heavy atom. The molecule has 0 aromatic heterocycles. The van der Waals surface area contributed by atoms with E-state index < -0.39 is 12.5 Å². The molecule has 0 fully saturated rings. The Labute approximate surface area is 163 Å². The lowest BCUT2D eigenvalue weighted by Crippen LogP contribution is -2.14. The fourth-order valence-corrected chi connectivity index (χ4v) is 2.86. The quantitative estimate of drug-likeness (QED) is 0.630. The minimum atomic E-state index is -2.66. The van der Waals surface area contributed by atoms with Crippen LogP contribution in [0.1, 0.15) is 42.5 Å². The number of hydrogen-bond acceptors (Lipinski definition) is 4. The number of nitrogens with one attached hydrogen (secondary N) is 1. The molecule has 0 aliphatic heterocycles. The normalized spacial score (nSPS) is 10.7. The fraction of sp³-hybridized carbons (Fsp3) is 0.381. The van der Waals surface area contributed by atoms with Gasteiger partial charge in [0, 0.05) is 0 Å². The molecule has 2 rings (SSSR count). The van der Waals surface area contributed by atoms with Crippen molar-refractivity contribution in [2.24, 2.45) is 0 Å². The summed E-state index contributed by atoms with van der Waals surface area (Å²) < 4.78 is 43.0. The van der Waals surface area contributed by atoms with Crippen LogP contribution in [-0.2, 0) is 17.8 Å². The van der Waals surface area contributed by atoms with Crippen LogP contribution >= 0.6 is 0 Å². The highest BCUT2D eigenvalue weighted by molar-refractivity contribution is 5.86. The lowest BCUT2D eigenvalue weighted by Gasteiger charge is -2.18. The molecule has 7 heteroatoms. The number of methoxy groups -OCH3 is 1. The van der Waals surface area contributed by atoms with Crippen molar-refractivity contribution in [1.82, 2.24) is 0 Å². The van der Waals surface area contributed by atoms with Crippen molar-refractivity contribution in [2.75, 3.05) is 19.0 Å². The van der Waals surface area contributed by atoms with E-state index in [1.54, 1.807) is 24.3 Å². The topological polar surface area (TPSA) is 56.8 Å². The van der Waals surface area contributed by atoms with Crippen molar-refractivity contribution in [1.29, 1.82) is 0 Å². The molecule has 0 unspecified atom stereocenters. The third-order valence-electron chi connectivity index (χ3n) is 4.31. The number of amides is 1. The molecule has 0 aliphatic rings. The molecule has 28 heavy (non-hydrogen) atoms. The number of halogens is 2. The van der Waals surface area contributed by atoms with Gasteiger partial charge in [-0.15, -0.1) is 0 Å². The van der Waals surface area contributed by atoms with E-state index in [4.69, 9.17) is 9.47 Å². The molecule has 0 saturated heterocycles. The number of carbonyl (C=O) groups excluding carboxylic acids is 1. The number of rotatable bonds is 8. The third kappa shape index (κ3) is 5.12. The van der Waals surface area contributed by atoms with Crippen molar-refractivity contribution < 1.29 is 27.8 Å². The van der Waals surface area contributed by atoms with Crippen LogP contribution in [0.4, 0.5) is 19.3 Å². The van der Waals surface area contributed by atoms with Crippen LogP contribution in [0.25, 0.3) is 0 Å². The van der Waals surface area contributed by atoms with E-state index >= 15 is 0 Å². The second kappa shape index (κ2) is 9.92. The van der Waals surface area contributed by atoms with Gasteiger partial charge >= 0.3 is 6.09 Å². The highest BCUT2D eigenvalue weighted by Crippen LogP contribution is 2.34. The molecule has 2 aromatic rings. The van der Waals surface area contributed by atoms with Gasteiger partial charge in [0.25, 0.3) is 6.43 Å². The summed E-state index contributed by atoms with van der Waals surface area (Å²) in [6.07, 6.45) is -2.64. The lowest BCUT2D eigenvalue weighted by molar-refractivity contribution is 0.144. The minimum Gasteiger partial charge on any atom is -0.493 e. The predicted octanol–water partition coefficient (Wildman–Crippen LogP) is 5.65. The molecule has 0 atom stereocenters. The first-order valence-corrected chi connectivity index (χ1v) is 9.05. The van der Waals surface area contributed by atoms with Crippen LogP contribution in [0.5, 0.6) is 11.5 Å². The standard InChI is InChI=1S/C21H25F2NO4/c1-5-14-11-15(20(22)23)19(10-13(14)3)28-12-16-17(24-21(25)26-4)8-7-9-18(16)27-6-2/h7-11,20H,5-6,12H2,1-4H3,(H,24,25). The molecule has 0 bridgehead atoms. The smallest absolute Gasteiger partial charge is 0.411 e. The summed E-state index contributed by atoms with van der Waals surface area (Å²) in [5, 5.41) is 2.59. The van der Waals surface area contributed by atoms with Gasteiger partial charge in [0.15, 0.2) is 0 Å². The van der Waals surface area contributed by atoms with Crippen molar-refractivity contribution in [3.8, 4) is 11.5 Å². The largest absolute Gasteiger partial charge is 0.493 e. The van der Waals surface area contributed by atoms with Crippen LogP contribution in [0, 0.1) is 6.92 Å². The summed E-state index contributed by atoms with van der Waals surface area (Å²) in [4.78, 5) is 11.6. The molecule has 1 N–H and O–H groups in total. The zero-order valence-corrected chi connectivity index (χ0v) is 16.5. The van der Waals surface area contributed by atoms with Crippen LogP contribution in [0.2, 0.25) is 0 Å². The van der Waals surface area contributed by atoms with Gasteiger partial charge in [-0.05, 0) is 55.7 Å². The second-order valence-corrected chi connectivity index (χ2v) is 6.09. The molecule has 152 valence electrons. The number of alkyl halides is 2. The Hall–Kier alpha value is -2.83. The first kappa shape index (κ1) is 21.5. The van der Waals surface area contributed by atoms with E-state index in [9.17, 15) is 13.6 Å². The first-order valence-electron chi connectivity index (χ1n) is 9.05. The monoisotopic (exact) mass is 393 g/mol. The number of carbonyl (C=O) groups is 1. The number of aryl methyl sites for hydroxylation is 2. The summed E-state index contributed by atoms with van der Waals surface area (Å²) in [6, 6.07) is 8.21. The van der Waals surface area contributed by atoms with E-state index in [0.717, 1.165) is 11.1 Å². The molecule has 0 spiro atoms. The molecule has 5 nitrogen and oxygen atoms in total. The Bertz CT molecular complexity index is 824. The van der Waals surface area contributed by atoms with Gasteiger partial charge in [0.2, 0.25) is 0 Å². The third-order valence-corrected chi connectivity index (χ3v) is 4.31. The van der Waals surface area contributed by atoms with Crippen LogP contribution in [-0.4, -0.2) is 19.8 Å². The van der Waals surface area contributed by atoms with Gasteiger partial charge in [0.1, 0.15) is 18.1 Å². The van der Waals surface area contributed by atoms with E-state index in [1.165, 1.54) is 13.2 Å². The maximum absolute atomic E-state index is 13.5. The SMILES string of the molecule is CCOc1cccc(NC(=O)OC)c1COc1cc(C)c(CC)cc1C(F)F. The Morgan fingerprint density at radius 3 is 2.50 bits per heavy atom. The second-order valence-electron chi connectivity index (χ2n) is 6.09. The zero-order chi connectivity index (χ0) is 20.7. The van der Waals surface area contributed by atoms with E-state index in [0.29, 0.717) is 30.0 Å². The van der Waals surface area contributed by atoms with Crippen molar-refractivity contribution >= 4 is 11.8 Å². The maximum Gasteiger partial charge on any atom is 0.411 e. The van der Waals surface area contributed by atoms with E-state index in [1.807, 2.05) is 20.8 Å². The number of benzene rings is 2. The molecule has 0 radical (unpaired) electrons. The minimum absolute atomic E-state index is 0.0554. The molecule has 0 heterocycles. The molecular weight excluding hydrogens is 368 g/mol. The Balaban J connectivity index is 2.37. The molecular formula is C21H25F2NO4. The summed E-state index contributed by atoms with van der Waals surface area (Å²) in [6.45, 7) is 5.95. The Morgan fingerprint density at radius 1 is 1.14 bits per heavy atom. The first-order chi connectivity index (χ1) is 13.4. The van der Waals surface area contributed by atoms with Crippen molar-refractivity contribution in [2.45, 2.75) is 40.2 Å². The number of ether oxygens (including phenoxy) is 3. The van der Waals surface area contributed by atoms with Crippen LogP contribution in [0.3, 0.4) is 0 Å². The average Bonchev–Trinajstić information content (AvgIpc) is 2.67. The Kier molecular flexibility index (Phi) is 7.61. The predicted molar refractivity (Wildman–Crippen MR) is 103 cm³/mol. The summed E-state index contributed by atoms with van der Waals surface area (Å²) in [5.74, 6) is 0.608. The van der Waals surface area contributed by atoms with Gasteiger partial charge in [-0.2, -0.15) is 0 Å². The highest BCUT2D eigenvalue weighted by atomic mass is 19.3. The van der Waals surface area contributed by atoms with Gasteiger partial charge in [-0.25, -0.2) is 13.6 Å². The van der Waals surface area contributed by atoms with Gasteiger partial charge in [-0.1, -0.05) is 13.0 Å². The summed E-state index contributed by atoms with van der Waals surface area (Å²) >= 11 is 0. The fourth-order valence-electron chi connectivity index (χ4n) is 2.86. The van der Waals surface area contributed by atoms with Gasteiger partial charge < -0.3 is 14.2 Å². The molecule has 0 aliphatic carbocycles. The van der Waals surface area contributed by atoms with Crippen LogP contribution < -0.4 is 14.8 Å². The number of hydrogen-bond donors (Lipinski definition) is 1. The summed E-state index contributed by atoms with van der Waals surface area (Å²) in [7, 11) is 1.25.